The van der Waals surface area contributed by atoms with Gasteiger partial charge in [-0.25, -0.2) is 4.39 Å². The molecule has 0 aliphatic rings. The van der Waals surface area contributed by atoms with E-state index in [1.807, 2.05) is 13.0 Å². The van der Waals surface area contributed by atoms with Crippen LogP contribution in [0.2, 0.25) is 5.02 Å². The Hall–Kier alpha value is -1.58. The average Bonchev–Trinajstić information content (AvgIpc) is 2.33. The van der Waals surface area contributed by atoms with Crippen molar-refractivity contribution in [2.24, 2.45) is 5.73 Å². The molecule has 0 spiro atoms. The van der Waals surface area contributed by atoms with E-state index in [2.05, 4.69) is 0 Å². The summed E-state index contributed by atoms with van der Waals surface area (Å²) >= 11 is 5.92. The Kier molecular flexibility index (Phi) is 4.40. The Bertz CT molecular complexity index is 586. The molecule has 19 heavy (non-hydrogen) atoms. The van der Waals surface area contributed by atoms with Crippen LogP contribution < -0.4 is 10.5 Å². The SMILES string of the molecule is Cc1ccc(Cl)cc1Oc1cc(F)cc(CCN)c1. The van der Waals surface area contributed by atoms with E-state index in [9.17, 15) is 4.39 Å². The minimum atomic E-state index is -0.333. The first-order chi connectivity index (χ1) is 9.08. The van der Waals surface area contributed by atoms with E-state index in [0.717, 1.165) is 11.1 Å². The van der Waals surface area contributed by atoms with Crippen molar-refractivity contribution in [3.8, 4) is 11.5 Å². The van der Waals surface area contributed by atoms with Gasteiger partial charge in [-0.15, -0.1) is 0 Å². The standard InChI is InChI=1S/C15H15ClFNO/c1-10-2-3-12(16)8-15(10)19-14-7-11(4-5-18)6-13(17)9-14/h2-3,6-9H,4-5,18H2,1H3. The van der Waals surface area contributed by atoms with Crippen molar-refractivity contribution in [3.63, 3.8) is 0 Å². The summed E-state index contributed by atoms with van der Waals surface area (Å²) in [5.74, 6) is 0.742. The van der Waals surface area contributed by atoms with Crippen molar-refractivity contribution in [2.75, 3.05) is 6.54 Å². The molecule has 4 heteroatoms. The smallest absolute Gasteiger partial charge is 0.131 e. The van der Waals surface area contributed by atoms with Crippen molar-refractivity contribution >= 4 is 11.6 Å². The van der Waals surface area contributed by atoms with Gasteiger partial charge in [-0.1, -0.05) is 17.7 Å². The van der Waals surface area contributed by atoms with Gasteiger partial charge in [0.25, 0.3) is 0 Å². The highest BCUT2D eigenvalue weighted by atomic mass is 35.5. The lowest BCUT2D eigenvalue weighted by Gasteiger charge is -2.10. The van der Waals surface area contributed by atoms with Crippen LogP contribution in [0.1, 0.15) is 11.1 Å². The number of hydrogen-bond donors (Lipinski definition) is 1. The number of ether oxygens (including phenoxy) is 1. The lowest BCUT2D eigenvalue weighted by atomic mass is 10.1. The molecule has 0 aliphatic heterocycles. The maximum absolute atomic E-state index is 13.5. The zero-order valence-corrected chi connectivity index (χ0v) is 11.4. The van der Waals surface area contributed by atoms with Gasteiger partial charge >= 0.3 is 0 Å². The molecule has 0 bridgehead atoms. The van der Waals surface area contributed by atoms with Crippen LogP contribution in [0, 0.1) is 12.7 Å². The molecule has 2 aromatic carbocycles. The molecular weight excluding hydrogens is 265 g/mol. The monoisotopic (exact) mass is 279 g/mol. The number of benzene rings is 2. The fourth-order valence-corrected chi connectivity index (χ4v) is 1.96. The molecule has 0 radical (unpaired) electrons. The molecule has 2 N–H and O–H groups in total. The molecule has 0 heterocycles. The second-order valence-corrected chi connectivity index (χ2v) is 4.78. The highest BCUT2D eigenvalue weighted by molar-refractivity contribution is 6.30. The van der Waals surface area contributed by atoms with Crippen LogP contribution in [0.15, 0.2) is 36.4 Å². The van der Waals surface area contributed by atoms with Gasteiger partial charge in [-0.2, -0.15) is 0 Å². The van der Waals surface area contributed by atoms with E-state index in [4.69, 9.17) is 22.1 Å². The van der Waals surface area contributed by atoms with Gasteiger partial charge < -0.3 is 10.5 Å². The Labute approximate surface area is 117 Å². The van der Waals surface area contributed by atoms with E-state index < -0.39 is 0 Å². The lowest BCUT2D eigenvalue weighted by Crippen LogP contribution is -2.03. The number of hydrogen-bond acceptors (Lipinski definition) is 2. The maximum atomic E-state index is 13.5. The second-order valence-electron chi connectivity index (χ2n) is 4.35. The predicted octanol–water partition coefficient (Wildman–Crippen LogP) is 4.08. The van der Waals surface area contributed by atoms with Crippen LogP contribution in [0.3, 0.4) is 0 Å². The zero-order valence-electron chi connectivity index (χ0n) is 10.6. The van der Waals surface area contributed by atoms with Gasteiger partial charge in [0.1, 0.15) is 17.3 Å². The van der Waals surface area contributed by atoms with Gasteiger partial charge in [0.2, 0.25) is 0 Å². The van der Waals surface area contributed by atoms with Crippen molar-refractivity contribution in [2.45, 2.75) is 13.3 Å². The van der Waals surface area contributed by atoms with Gasteiger partial charge in [-0.3, -0.25) is 0 Å². The average molecular weight is 280 g/mol. The molecule has 0 aromatic heterocycles. The summed E-state index contributed by atoms with van der Waals surface area (Å²) in [6, 6.07) is 9.96. The maximum Gasteiger partial charge on any atom is 0.131 e. The van der Waals surface area contributed by atoms with E-state index in [0.29, 0.717) is 29.5 Å². The molecule has 2 rings (SSSR count). The number of nitrogens with two attached hydrogens (primary N) is 1. The van der Waals surface area contributed by atoms with Crippen LogP contribution in [0.4, 0.5) is 4.39 Å². The fraction of sp³-hybridized carbons (Fsp3) is 0.200. The predicted molar refractivity (Wildman–Crippen MR) is 75.4 cm³/mol. The Morgan fingerprint density at radius 2 is 2.00 bits per heavy atom. The van der Waals surface area contributed by atoms with E-state index in [-0.39, 0.29) is 5.82 Å². The third kappa shape index (κ3) is 3.69. The van der Waals surface area contributed by atoms with Gasteiger partial charge in [0, 0.05) is 11.1 Å². The molecule has 0 fully saturated rings. The first-order valence-corrected chi connectivity index (χ1v) is 6.40. The van der Waals surface area contributed by atoms with Crippen LogP contribution >= 0.6 is 11.6 Å². The zero-order chi connectivity index (χ0) is 13.8. The molecule has 0 saturated carbocycles. The van der Waals surface area contributed by atoms with Crippen molar-refractivity contribution < 1.29 is 9.13 Å². The Morgan fingerprint density at radius 3 is 2.74 bits per heavy atom. The minimum Gasteiger partial charge on any atom is -0.457 e. The fourth-order valence-electron chi connectivity index (χ4n) is 1.80. The van der Waals surface area contributed by atoms with Crippen LogP contribution in [0.25, 0.3) is 0 Å². The first-order valence-electron chi connectivity index (χ1n) is 6.02. The molecule has 0 saturated heterocycles. The summed E-state index contributed by atoms with van der Waals surface area (Å²) in [6.07, 6.45) is 0.614. The number of aryl methyl sites for hydroxylation is 1. The summed E-state index contributed by atoms with van der Waals surface area (Å²) < 4.78 is 19.2. The molecule has 0 atom stereocenters. The summed E-state index contributed by atoms with van der Waals surface area (Å²) in [6.45, 7) is 2.38. The van der Waals surface area contributed by atoms with Crippen molar-refractivity contribution in [1.82, 2.24) is 0 Å². The molecule has 0 unspecified atom stereocenters. The van der Waals surface area contributed by atoms with Crippen LogP contribution in [-0.2, 0) is 6.42 Å². The van der Waals surface area contributed by atoms with Crippen LogP contribution in [-0.4, -0.2) is 6.54 Å². The van der Waals surface area contributed by atoms with Gasteiger partial charge in [0.05, 0.1) is 0 Å². The molecule has 0 aliphatic carbocycles. The van der Waals surface area contributed by atoms with Gasteiger partial charge in [0.15, 0.2) is 0 Å². The van der Waals surface area contributed by atoms with E-state index >= 15 is 0 Å². The Balaban J connectivity index is 2.29. The van der Waals surface area contributed by atoms with Crippen LogP contribution in [0.5, 0.6) is 11.5 Å². The van der Waals surface area contributed by atoms with E-state index in [1.54, 1.807) is 18.2 Å². The van der Waals surface area contributed by atoms with Crippen molar-refractivity contribution in [3.05, 3.63) is 58.4 Å². The summed E-state index contributed by atoms with van der Waals surface area (Å²) in [7, 11) is 0. The number of halogens is 2. The second kappa shape index (κ2) is 6.04. The quantitative estimate of drug-likeness (QED) is 0.915. The summed E-state index contributed by atoms with van der Waals surface area (Å²) in [5.41, 5.74) is 7.23. The van der Waals surface area contributed by atoms with E-state index in [1.165, 1.54) is 12.1 Å². The van der Waals surface area contributed by atoms with Crippen molar-refractivity contribution in [1.29, 1.82) is 0 Å². The number of rotatable bonds is 4. The molecule has 2 nitrogen and oxygen atoms in total. The molecule has 2 aromatic rings. The molecular formula is C15H15ClFNO. The third-order valence-corrected chi connectivity index (χ3v) is 2.98. The largest absolute Gasteiger partial charge is 0.457 e. The normalized spacial score (nSPS) is 10.5. The topological polar surface area (TPSA) is 35.2 Å². The minimum absolute atomic E-state index is 0.333. The summed E-state index contributed by atoms with van der Waals surface area (Å²) in [5, 5.41) is 0.583. The van der Waals surface area contributed by atoms with Gasteiger partial charge in [-0.05, 0) is 55.3 Å². The highest BCUT2D eigenvalue weighted by Crippen LogP contribution is 2.29. The molecule has 100 valence electrons. The first kappa shape index (κ1) is 13.8. The molecule has 0 amide bonds. The third-order valence-electron chi connectivity index (χ3n) is 2.74. The lowest BCUT2D eigenvalue weighted by molar-refractivity contribution is 0.472. The highest BCUT2D eigenvalue weighted by Gasteiger charge is 2.06. The summed E-state index contributed by atoms with van der Waals surface area (Å²) in [4.78, 5) is 0. The Morgan fingerprint density at radius 1 is 1.21 bits per heavy atom.